The normalized spacial score (nSPS) is 20.4. The van der Waals surface area contributed by atoms with E-state index in [-0.39, 0.29) is 23.6 Å². The molecule has 2 N–H and O–H groups in total. The van der Waals surface area contributed by atoms with Crippen LogP contribution in [0.5, 0.6) is 51.7 Å². The quantitative estimate of drug-likeness (QED) is 0.229. The summed E-state index contributed by atoms with van der Waals surface area (Å²) in [6.45, 7) is 1.71. The topological polar surface area (TPSA) is 83.9 Å². The average molecular weight is 579 g/mol. The molecule has 0 radical (unpaired) electrons. The second kappa shape index (κ2) is 9.82. The van der Waals surface area contributed by atoms with Crippen molar-refractivity contribution in [2.45, 2.75) is 37.8 Å². The Morgan fingerprint density at radius 1 is 0.674 bits per heavy atom. The zero-order valence-electron chi connectivity index (χ0n) is 24.5. The molecule has 220 valence electrons. The number of hydrogen-bond donors (Lipinski definition) is 2. The van der Waals surface area contributed by atoms with Crippen LogP contribution >= 0.6 is 0 Å². The molecule has 0 saturated heterocycles. The fourth-order valence-corrected chi connectivity index (χ4v) is 7.17. The molecule has 2 unspecified atom stereocenters. The van der Waals surface area contributed by atoms with Gasteiger partial charge in [0.15, 0.2) is 34.5 Å². The van der Waals surface area contributed by atoms with Gasteiger partial charge in [0.25, 0.3) is 0 Å². The molecule has 2 atom stereocenters. The number of phenolic OH excluding ortho intramolecular Hbond substituents is 2. The van der Waals surface area contributed by atoms with Gasteiger partial charge >= 0.3 is 0 Å². The average Bonchev–Trinajstić information content (AvgIpc) is 3.01. The molecular weight excluding hydrogens is 544 g/mol. The first kappa shape index (κ1) is 26.2. The minimum absolute atomic E-state index is 0.00266. The minimum atomic E-state index is -0.0530. The van der Waals surface area contributed by atoms with Gasteiger partial charge in [-0.2, -0.15) is 0 Å². The maximum Gasteiger partial charge on any atom is 0.212 e. The van der Waals surface area contributed by atoms with Crippen molar-refractivity contribution in [1.29, 1.82) is 0 Å². The highest BCUT2D eigenvalue weighted by Gasteiger charge is 2.40. The Morgan fingerprint density at radius 2 is 1.28 bits per heavy atom. The molecule has 0 saturated carbocycles. The van der Waals surface area contributed by atoms with Gasteiger partial charge in [0.1, 0.15) is 5.75 Å². The Morgan fingerprint density at radius 3 is 1.98 bits per heavy atom. The number of likely N-dealkylation sites (N-methyl/N-ethyl adjacent to an activating group) is 2. The van der Waals surface area contributed by atoms with E-state index in [1.807, 2.05) is 30.3 Å². The van der Waals surface area contributed by atoms with Crippen molar-refractivity contribution >= 4 is 0 Å². The third kappa shape index (κ3) is 4.19. The van der Waals surface area contributed by atoms with Crippen LogP contribution in [-0.4, -0.2) is 54.3 Å². The Labute approximate surface area is 250 Å². The molecule has 0 aromatic heterocycles. The summed E-state index contributed by atoms with van der Waals surface area (Å²) < 4.78 is 25.7. The van der Waals surface area contributed by atoms with Gasteiger partial charge in [-0.1, -0.05) is 18.2 Å². The van der Waals surface area contributed by atoms with Crippen LogP contribution in [0.1, 0.15) is 45.5 Å². The molecule has 0 amide bonds. The summed E-state index contributed by atoms with van der Waals surface area (Å²) in [7, 11) is 5.89. The van der Waals surface area contributed by atoms with E-state index in [2.05, 4.69) is 42.1 Å². The molecule has 8 nitrogen and oxygen atoms in total. The number of hydrogen-bond acceptors (Lipinski definition) is 8. The summed E-state index contributed by atoms with van der Waals surface area (Å²) in [6, 6.07) is 17.4. The second-order valence-corrected chi connectivity index (χ2v) is 12.1. The molecular formula is C35H34N2O6. The van der Waals surface area contributed by atoms with Crippen LogP contribution in [0.15, 0.2) is 54.6 Å². The molecule has 43 heavy (non-hydrogen) atoms. The first-order valence-electron chi connectivity index (χ1n) is 14.8. The van der Waals surface area contributed by atoms with Crippen molar-refractivity contribution in [2.24, 2.45) is 0 Å². The fraction of sp³-hybridized carbons (Fsp3) is 0.314. The molecule has 7 aliphatic heterocycles. The maximum absolute atomic E-state index is 11.3. The molecule has 4 aromatic rings. The van der Waals surface area contributed by atoms with Crippen LogP contribution in [0.4, 0.5) is 0 Å². The summed E-state index contributed by atoms with van der Waals surface area (Å²) >= 11 is 0. The molecule has 4 aromatic carbocycles. The second-order valence-electron chi connectivity index (χ2n) is 12.1. The first-order chi connectivity index (χ1) is 20.9. The molecule has 8 heteroatoms. The van der Waals surface area contributed by atoms with E-state index in [0.29, 0.717) is 46.7 Å². The molecule has 0 fully saturated rings. The van der Waals surface area contributed by atoms with Crippen LogP contribution in [0.2, 0.25) is 0 Å². The Balaban J connectivity index is 1.38. The lowest BCUT2D eigenvalue weighted by Crippen LogP contribution is -2.35. The summed E-state index contributed by atoms with van der Waals surface area (Å²) in [5.41, 5.74) is 6.39. The lowest BCUT2D eigenvalue weighted by molar-refractivity contribution is 0.211. The zero-order chi connectivity index (χ0) is 29.4. The van der Waals surface area contributed by atoms with Crippen molar-refractivity contribution < 1.29 is 29.2 Å². The first-order valence-corrected chi connectivity index (χ1v) is 14.8. The molecule has 10 bridgehead atoms. The van der Waals surface area contributed by atoms with E-state index in [4.69, 9.17) is 18.9 Å². The monoisotopic (exact) mass is 578 g/mol. The Kier molecular flexibility index (Phi) is 6.00. The lowest BCUT2D eigenvalue weighted by Gasteiger charge is -2.40. The third-order valence-corrected chi connectivity index (χ3v) is 9.53. The van der Waals surface area contributed by atoms with Crippen LogP contribution < -0.4 is 18.9 Å². The number of aromatic hydroxyl groups is 2. The van der Waals surface area contributed by atoms with Crippen molar-refractivity contribution in [1.82, 2.24) is 9.80 Å². The van der Waals surface area contributed by atoms with Gasteiger partial charge in [0, 0.05) is 36.3 Å². The number of ether oxygens (including phenoxy) is 4. The molecule has 0 spiro atoms. The minimum Gasteiger partial charge on any atom is -0.504 e. The lowest BCUT2D eigenvalue weighted by atomic mass is 9.86. The van der Waals surface area contributed by atoms with Crippen molar-refractivity contribution in [3.8, 4) is 51.7 Å². The van der Waals surface area contributed by atoms with Crippen molar-refractivity contribution in [3.05, 3.63) is 88.0 Å². The highest BCUT2D eigenvalue weighted by molar-refractivity contribution is 5.71. The molecule has 11 rings (SSSR count). The van der Waals surface area contributed by atoms with E-state index in [1.54, 1.807) is 13.2 Å². The van der Waals surface area contributed by atoms with E-state index in [1.165, 1.54) is 0 Å². The van der Waals surface area contributed by atoms with E-state index < -0.39 is 0 Å². The van der Waals surface area contributed by atoms with Crippen molar-refractivity contribution in [3.63, 3.8) is 0 Å². The predicted molar refractivity (Wildman–Crippen MR) is 161 cm³/mol. The van der Waals surface area contributed by atoms with E-state index in [9.17, 15) is 10.2 Å². The van der Waals surface area contributed by atoms with Crippen LogP contribution in [0.25, 0.3) is 0 Å². The van der Waals surface area contributed by atoms with Crippen LogP contribution in [-0.2, 0) is 25.7 Å². The highest BCUT2D eigenvalue weighted by atomic mass is 16.6. The largest absolute Gasteiger partial charge is 0.504 e. The predicted octanol–water partition coefficient (Wildman–Crippen LogP) is 6.65. The zero-order valence-corrected chi connectivity index (χ0v) is 24.5. The fourth-order valence-electron chi connectivity index (χ4n) is 7.17. The Bertz CT molecular complexity index is 1770. The van der Waals surface area contributed by atoms with Gasteiger partial charge in [0.2, 0.25) is 11.5 Å². The summed E-state index contributed by atoms with van der Waals surface area (Å²) in [4.78, 5) is 4.65. The molecule has 7 heterocycles. The summed E-state index contributed by atoms with van der Waals surface area (Å²) in [5.74, 6) is 3.91. The van der Waals surface area contributed by atoms with Crippen LogP contribution in [0.3, 0.4) is 0 Å². The third-order valence-electron chi connectivity index (χ3n) is 9.53. The number of rotatable bonds is 1. The maximum atomic E-state index is 11.3. The van der Waals surface area contributed by atoms with E-state index in [0.717, 1.165) is 65.7 Å². The Hall–Kier alpha value is -4.40. The summed E-state index contributed by atoms with van der Waals surface area (Å²) in [5, 5.41) is 22.0. The van der Waals surface area contributed by atoms with Crippen molar-refractivity contribution in [2.75, 3.05) is 34.3 Å². The van der Waals surface area contributed by atoms with Gasteiger partial charge in [0.05, 0.1) is 7.11 Å². The van der Waals surface area contributed by atoms with Gasteiger partial charge in [-0.25, -0.2) is 0 Å². The molecule has 0 aliphatic carbocycles. The number of nitrogens with zero attached hydrogens (tertiary/aromatic N) is 2. The highest BCUT2D eigenvalue weighted by Crippen LogP contribution is 2.60. The standard InChI is InChI=1S/C35H34N2O6/c1-36-12-10-21-17-27(39)32-34-30(21)24(36)14-19-4-7-23(8-5-19)41-28-16-20(6-9-26(28)38)15-25-31-22(11-13-37(25)2)18-29(40-3)33(43-34)35(31)42-32/h4-9,16-18,24-25,38-39H,10-15H2,1-3H3. The summed E-state index contributed by atoms with van der Waals surface area (Å²) in [6.07, 6.45) is 3.00. The van der Waals surface area contributed by atoms with Gasteiger partial charge in [-0.05, 0) is 98.4 Å². The van der Waals surface area contributed by atoms with Gasteiger partial charge in [-0.15, -0.1) is 0 Å². The van der Waals surface area contributed by atoms with Crippen LogP contribution in [0, 0.1) is 0 Å². The molecule has 7 aliphatic rings. The smallest absolute Gasteiger partial charge is 0.212 e. The number of benzene rings is 4. The van der Waals surface area contributed by atoms with Gasteiger partial charge < -0.3 is 29.2 Å². The van der Waals surface area contributed by atoms with E-state index >= 15 is 0 Å². The number of phenols is 2. The number of methoxy groups -OCH3 is 1. The SMILES string of the molecule is COc1cc2c3c4c1Oc1c(c(O)cc5c1C(Cc1ccc(cc1)Oc1cc(ccc1O)CC3N(C)CC2)N(C)CC5)O4. The van der Waals surface area contributed by atoms with Gasteiger partial charge in [-0.3, -0.25) is 9.80 Å².